The van der Waals surface area contributed by atoms with Crippen LogP contribution in [0.2, 0.25) is 5.02 Å². The topological polar surface area (TPSA) is 64.8 Å². The fraction of sp³-hybridized carbons (Fsp3) is 0.105. The molecule has 0 unspecified atom stereocenters. The molecule has 0 saturated carbocycles. The SMILES string of the molecule is Cc1ccc(C=Nc2n[nH]c(Cc3cccc(Cl)c3)c2C#N)cc1. The van der Waals surface area contributed by atoms with Crippen molar-refractivity contribution in [1.29, 1.82) is 5.26 Å². The van der Waals surface area contributed by atoms with E-state index in [1.165, 1.54) is 5.56 Å². The maximum Gasteiger partial charge on any atom is 0.191 e. The smallest absolute Gasteiger partial charge is 0.191 e. The van der Waals surface area contributed by atoms with Gasteiger partial charge in [0, 0.05) is 17.7 Å². The standard InChI is InChI=1S/C19H15ClN4/c1-13-5-7-14(8-6-13)12-22-19-17(11-21)18(23-24-19)10-15-3-2-4-16(20)9-15/h2-9,12H,10H2,1H3,(H,23,24). The fourth-order valence-electron chi connectivity index (χ4n) is 2.35. The quantitative estimate of drug-likeness (QED) is 0.709. The molecular formula is C19H15ClN4. The number of aryl methyl sites for hydroxylation is 1. The van der Waals surface area contributed by atoms with Gasteiger partial charge in [0.05, 0.1) is 5.69 Å². The number of aromatic amines is 1. The second-order valence-electron chi connectivity index (χ2n) is 5.49. The molecule has 1 heterocycles. The minimum Gasteiger partial charge on any atom is -0.279 e. The Balaban J connectivity index is 1.84. The summed E-state index contributed by atoms with van der Waals surface area (Å²) in [5.74, 6) is 0.398. The lowest BCUT2D eigenvalue weighted by Gasteiger charge is -2.00. The molecule has 0 amide bonds. The molecule has 1 aromatic heterocycles. The molecule has 0 radical (unpaired) electrons. The van der Waals surface area contributed by atoms with Crippen LogP contribution in [0, 0.1) is 18.3 Å². The predicted molar refractivity (Wildman–Crippen MR) is 96.0 cm³/mol. The van der Waals surface area contributed by atoms with Crippen molar-refractivity contribution in [3.63, 3.8) is 0 Å². The number of nitriles is 1. The van der Waals surface area contributed by atoms with Crippen LogP contribution in [-0.4, -0.2) is 16.4 Å². The number of benzene rings is 2. The third kappa shape index (κ3) is 3.70. The van der Waals surface area contributed by atoms with Gasteiger partial charge in [-0.2, -0.15) is 10.4 Å². The molecule has 3 aromatic rings. The maximum atomic E-state index is 9.44. The summed E-state index contributed by atoms with van der Waals surface area (Å²) in [6.07, 6.45) is 2.26. The molecule has 24 heavy (non-hydrogen) atoms. The number of nitrogens with zero attached hydrogens (tertiary/aromatic N) is 3. The lowest BCUT2D eigenvalue weighted by Crippen LogP contribution is -1.91. The third-order valence-electron chi connectivity index (χ3n) is 3.62. The number of aromatic nitrogens is 2. The number of hydrogen-bond donors (Lipinski definition) is 1. The van der Waals surface area contributed by atoms with E-state index in [0.29, 0.717) is 22.8 Å². The first-order valence-corrected chi connectivity index (χ1v) is 7.86. The van der Waals surface area contributed by atoms with Gasteiger partial charge >= 0.3 is 0 Å². The Morgan fingerprint density at radius 3 is 2.75 bits per heavy atom. The number of nitrogens with one attached hydrogen (secondary N) is 1. The molecule has 0 saturated heterocycles. The normalized spacial score (nSPS) is 10.9. The van der Waals surface area contributed by atoms with Gasteiger partial charge in [0.2, 0.25) is 0 Å². The summed E-state index contributed by atoms with van der Waals surface area (Å²) in [5, 5.41) is 17.2. The molecule has 5 heteroatoms. The summed E-state index contributed by atoms with van der Waals surface area (Å²) in [4.78, 5) is 4.34. The van der Waals surface area contributed by atoms with E-state index in [-0.39, 0.29) is 0 Å². The van der Waals surface area contributed by atoms with Crippen molar-refractivity contribution in [3.05, 3.63) is 81.5 Å². The highest BCUT2D eigenvalue weighted by Crippen LogP contribution is 2.22. The lowest BCUT2D eigenvalue weighted by molar-refractivity contribution is 0.993. The van der Waals surface area contributed by atoms with E-state index in [0.717, 1.165) is 16.8 Å². The Labute approximate surface area is 145 Å². The number of rotatable bonds is 4. The van der Waals surface area contributed by atoms with Gasteiger partial charge in [-0.1, -0.05) is 53.6 Å². The van der Waals surface area contributed by atoms with Crippen molar-refractivity contribution in [3.8, 4) is 6.07 Å². The summed E-state index contributed by atoms with van der Waals surface area (Å²) in [5.41, 5.74) is 4.35. The molecule has 0 aliphatic heterocycles. The van der Waals surface area contributed by atoms with Gasteiger partial charge < -0.3 is 0 Å². The number of halogens is 1. The molecule has 0 spiro atoms. The molecule has 0 fully saturated rings. The zero-order valence-electron chi connectivity index (χ0n) is 13.1. The highest BCUT2D eigenvalue weighted by Gasteiger charge is 2.12. The minimum atomic E-state index is 0.398. The average molecular weight is 335 g/mol. The maximum absolute atomic E-state index is 9.44. The van der Waals surface area contributed by atoms with Crippen molar-refractivity contribution in [2.24, 2.45) is 4.99 Å². The van der Waals surface area contributed by atoms with E-state index < -0.39 is 0 Å². The molecule has 0 aliphatic rings. The fourth-order valence-corrected chi connectivity index (χ4v) is 2.56. The van der Waals surface area contributed by atoms with Crippen molar-refractivity contribution in [2.45, 2.75) is 13.3 Å². The minimum absolute atomic E-state index is 0.398. The van der Waals surface area contributed by atoms with Gasteiger partial charge in [0.15, 0.2) is 5.82 Å². The lowest BCUT2D eigenvalue weighted by atomic mass is 10.1. The first-order chi connectivity index (χ1) is 11.7. The Kier molecular flexibility index (Phi) is 4.74. The van der Waals surface area contributed by atoms with Gasteiger partial charge in [-0.25, -0.2) is 4.99 Å². The predicted octanol–water partition coefficient (Wildman–Crippen LogP) is 4.58. The van der Waals surface area contributed by atoms with E-state index in [1.807, 2.05) is 55.5 Å². The van der Waals surface area contributed by atoms with Gasteiger partial charge in [-0.05, 0) is 30.2 Å². The summed E-state index contributed by atoms with van der Waals surface area (Å²) < 4.78 is 0. The van der Waals surface area contributed by atoms with E-state index >= 15 is 0 Å². The van der Waals surface area contributed by atoms with Crippen molar-refractivity contribution >= 4 is 23.6 Å². The molecule has 2 aromatic carbocycles. The summed E-state index contributed by atoms with van der Waals surface area (Å²) in [6, 6.07) is 17.7. The molecule has 4 nitrogen and oxygen atoms in total. The van der Waals surface area contributed by atoms with Crippen molar-refractivity contribution in [1.82, 2.24) is 10.2 Å². The van der Waals surface area contributed by atoms with Gasteiger partial charge in [-0.3, -0.25) is 5.10 Å². The van der Waals surface area contributed by atoms with Gasteiger partial charge in [0.25, 0.3) is 0 Å². The monoisotopic (exact) mass is 334 g/mol. The zero-order chi connectivity index (χ0) is 16.9. The van der Waals surface area contributed by atoms with E-state index in [1.54, 1.807) is 6.21 Å². The Morgan fingerprint density at radius 1 is 1.25 bits per heavy atom. The third-order valence-corrected chi connectivity index (χ3v) is 3.85. The summed E-state index contributed by atoms with van der Waals surface area (Å²) in [6.45, 7) is 2.03. The van der Waals surface area contributed by atoms with Crippen LogP contribution in [0.15, 0.2) is 53.5 Å². The Hall–Kier alpha value is -2.90. The van der Waals surface area contributed by atoms with E-state index in [4.69, 9.17) is 11.6 Å². The Morgan fingerprint density at radius 2 is 2.04 bits per heavy atom. The van der Waals surface area contributed by atoms with Gasteiger partial charge in [0.1, 0.15) is 11.6 Å². The zero-order valence-corrected chi connectivity index (χ0v) is 13.9. The van der Waals surface area contributed by atoms with Gasteiger partial charge in [-0.15, -0.1) is 0 Å². The molecule has 3 rings (SSSR count). The highest BCUT2D eigenvalue weighted by molar-refractivity contribution is 6.30. The molecule has 118 valence electrons. The van der Waals surface area contributed by atoms with Crippen LogP contribution in [0.4, 0.5) is 5.82 Å². The molecular weight excluding hydrogens is 320 g/mol. The summed E-state index contributed by atoms with van der Waals surface area (Å²) in [7, 11) is 0. The Bertz CT molecular complexity index is 917. The average Bonchev–Trinajstić information content (AvgIpc) is 2.96. The van der Waals surface area contributed by atoms with Crippen LogP contribution in [0.25, 0.3) is 0 Å². The molecule has 0 bridgehead atoms. The molecule has 0 aliphatic carbocycles. The van der Waals surface area contributed by atoms with Crippen molar-refractivity contribution in [2.75, 3.05) is 0 Å². The van der Waals surface area contributed by atoms with Crippen molar-refractivity contribution < 1.29 is 0 Å². The van der Waals surface area contributed by atoms with Crippen LogP contribution < -0.4 is 0 Å². The van der Waals surface area contributed by atoms with Crippen LogP contribution in [0.3, 0.4) is 0 Å². The second kappa shape index (κ2) is 7.12. The first-order valence-electron chi connectivity index (χ1n) is 7.48. The van der Waals surface area contributed by atoms with E-state index in [2.05, 4.69) is 21.3 Å². The number of aliphatic imine (C=N–C) groups is 1. The second-order valence-corrected chi connectivity index (χ2v) is 5.92. The first kappa shape index (κ1) is 16.0. The largest absolute Gasteiger partial charge is 0.279 e. The van der Waals surface area contributed by atoms with Crippen LogP contribution in [0.5, 0.6) is 0 Å². The molecule has 0 atom stereocenters. The number of hydrogen-bond acceptors (Lipinski definition) is 3. The van der Waals surface area contributed by atoms with Crippen LogP contribution in [0.1, 0.15) is 27.9 Å². The van der Waals surface area contributed by atoms with E-state index in [9.17, 15) is 5.26 Å². The number of H-pyrrole nitrogens is 1. The molecule has 1 N–H and O–H groups in total. The summed E-state index contributed by atoms with van der Waals surface area (Å²) >= 11 is 6.00. The van der Waals surface area contributed by atoms with Crippen LogP contribution in [-0.2, 0) is 6.42 Å². The van der Waals surface area contributed by atoms with Crippen LogP contribution >= 0.6 is 11.6 Å². The highest BCUT2D eigenvalue weighted by atomic mass is 35.5.